The molecule has 1 unspecified atom stereocenters. The molecule has 1 aliphatic carbocycles. The van der Waals surface area contributed by atoms with Crippen LogP contribution in [0.15, 0.2) is 30.5 Å². The molecule has 2 aromatic rings. The average Bonchev–Trinajstić information content (AvgIpc) is 3.17. The predicted octanol–water partition coefficient (Wildman–Crippen LogP) is 5.94. The van der Waals surface area contributed by atoms with E-state index in [0.717, 1.165) is 44.2 Å². The van der Waals surface area contributed by atoms with Gasteiger partial charge in [-0.25, -0.2) is 0 Å². The van der Waals surface area contributed by atoms with E-state index in [4.69, 9.17) is 0 Å². The van der Waals surface area contributed by atoms with Crippen molar-refractivity contribution in [3.63, 3.8) is 0 Å². The van der Waals surface area contributed by atoms with Gasteiger partial charge in [-0.1, -0.05) is 13.3 Å². The number of benzene rings is 1. The number of carbonyl (C=O) groups excluding carboxylic acids is 1. The van der Waals surface area contributed by atoms with Crippen LogP contribution in [0.5, 0.6) is 0 Å². The lowest BCUT2D eigenvalue weighted by molar-refractivity contribution is -0.137. The van der Waals surface area contributed by atoms with E-state index in [2.05, 4.69) is 43.0 Å². The molecule has 1 amide bonds. The van der Waals surface area contributed by atoms with Crippen molar-refractivity contribution in [3.8, 4) is 0 Å². The van der Waals surface area contributed by atoms with Gasteiger partial charge in [0, 0.05) is 41.9 Å². The number of hydrogen-bond acceptors (Lipinski definition) is 4. The number of pyridine rings is 1. The fourth-order valence-corrected chi connectivity index (χ4v) is 5.91. The number of amides is 1. The zero-order valence-corrected chi connectivity index (χ0v) is 21.1. The Morgan fingerprint density at radius 1 is 1.20 bits per heavy atom. The first kappa shape index (κ1) is 25.7. The Balaban J connectivity index is 1.50. The molecule has 0 spiro atoms. The molecule has 1 aromatic heterocycles. The molecular weight excluding hydrogens is 453 g/mol. The first-order valence-electron chi connectivity index (χ1n) is 12.8. The summed E-state index contributed by atoms with van der Waals surface area (Å²) in [4.78, 5) is 22.2. The number of rotatable bonds is 7. The van der Waals surface area contributed by atoms with Gasteiger partial charge in [0.15, 0.2) is 0 Å². The molecule has 35 heavy (non-hydrogen) atoms. The van der Waals surface area contributed by atoms with Crippen molar-refractivity contribution in [1.29, 1.82) is 0 Å². The topological polar surface area (TPSA) is 48.5 Å². The van der Waals surface area contributed by atoms with E-state index in [1.54, 1.807) is 12.3 Å². The van der Waals surface area contributed by atoms with E-state index < -0.39 is 17.8 Å². The minimum atomic E-state index is -4.43. The van der Waals surface area contributed by atoms with Crippen LogP contribution in [0.1, 0.15) is 64.9 Å². The van der Waals surface area contributed by atoms with Crippen molar-refractivity contribution < 1.29 is 18.0 Å². The van der Waals surface area contributed by atoms with Gasteiger partial charge in [0.2, 0.25) is 5.91 Å². The van der Waals surface area contributed by atoms with E-state index >= 15 is 0 Å². The molecule has 0 radical (unpaired) electrons. The highest BCUT2D eigenvalue weighted by Crippen LogP contribution is 2.37. The maximum absolute atomic E-state index is 13.5. The van der Waals surface area contributed by atoms with Gasteiger partial charge in [-0.2, -0.15) is 13.2 Å². The Morgan fingerprint density at radius 2 is 1.97 bits per heavy atom. The highest BCUT2D eigenvalue weighted by atomic mass is 19.4. The van der Waals surface area contributed by atoms with Gasteiger partial charge >= 0.3 is 6.18 Å². The number of nitrogens with one attached hydrogen (secondary N) is 1. The molecule has 0 bridgehead atoms. The van der Waals surface area contributed by atoms with Crippen LogP contribution in [0, 0.1) is 5.92 Å². The van der Waals surface area contributed by atoms with Crippen LogP contribution in [0.4, 0.5) is 18.9 Å². The molecule has 4 rings (SSSR count). The summed E-state index contributed by atoms with van der Waals surface area (Å²) in [7, 11) is 2.20. The number of nitrogens with zero attached hydrogens (tertiary/aromatic N) is 3. The third kappa shape index (κ3) is 5.42. The molecular formula is C27H37F3N4O. The highest BCUT2D eigenvalue weighted by Gasteiger charge is 2.42. The minimum Gasteiger partial charge on any atom is -0.373 e. The van der Waals surface area contributed by atoms with Crippen LogP contribution >= 0.6 is 0 Å². The van der Waals surface area contributed by atoms with Crippen LogP contribution in [0.2, 0.25) is 0 Å². The Kier molecular flexibility index (Phi) is 7.60. The van der Waals surface area contributed by atoms with Crippen LogP contribution < -0.4 is 5.32 Å². The smallest absolute Gasteiger partial charge is 0.373 e. The standard InChI is InChI=1S/C27H37F3N4O/c1-5-6-18-15-20(33(4)17(2)3)8-10-25(18)34-14-12-24(26(34)35)32-23-11-13-31-22-9-7-19(16-21(22)23)27(28,29)30/h7,9,11,13,16-18,20,24-25H,5-6,8,10,12,14-15H2,1-4H3,(H,31,32)/t18-,20-,24?,25+/m1/s1. The van der Waals surface area contributed by atoms with Crippen LogP contribution in [-0.2, 0) is 11.0 Å². The summed E-state index contributed by atoms with van der Waals surface area (Å²) >= 11 is 0. The van der Waals surface area contributed by atoms with E-state index in [-0.39, 0.29) is 11.9 Å². The second-order valence-corrected chi connectivity index (χ2v) is 10.4. The maximum Gasteiger partial charge on any atom is 0.416 e. The summed E-state index contributed by atoms with van der Waals surface area (Å²) < 4.78 is 39.9. The predicted molar refractivity (Wildman–Crippen MR) is 133 cm³/mol. The first-order valence-corrected chi connectivity index (χ1v) is 12.8. The van der Waals surface area contributed by atoms with Gasteiger partial charge in [-0.3, -0.25) is 9.78 Å². The Bertz CT molecular complexity index is 1040. The fourth-order valence-electron chi connectivity index (χ4n) is 5.91. The summed E-state index contributed by atoms with van der Waals surface area (Å²) in [6.45, 7) is 7.33. The third-order valence-corrected chi connectivity index (χ3v) is 8.00. The van der Waals surface area contributed by atoms with E-state index in [0.29, 0.717) is 47.6 Å². The van der Waals surface area contributed by atoms with E-state index in [9.17, 15) is 18.0 Å². The third-order valence-electron chi connectivity index (χ3n) is 8.00. The lowest BCUT2D eigenvalue weighted by Gasteiger charge is -2.44. The molecule has 1 N–H and O–H groups in total. The minimum absolute atomic E-state index is 0.0590. The van der Waals surface area contributed by atoms with E-state index in [1.807, 2.05) is 4.90 Å². The molecule has 1 aliphatic heterocycles. The van der Waals surface area contributed by atoms with Crippen molar-refractivity contribution in [2.75, 3.05) is 18.9 Å². The van der Waals surface area contributed by atoms with Crippen LogP contribution in [0.25, 0.3) is 10.9 Å². The molecule has 1 aromatic carbocycles. The molecule has 2 fully saturated rings. The van der Waals surface area contributed by atoms with Crippen LogP contribution in [-0.4, -0.2) is 58.5 Å². The monoisotopic (exact) mass is 490 g/mol. The zero-order valence-electron chi connectivity index (χ0n) is 21.1. The van der Waals surface area contributed by atoms with Gasteiger partial charge in [0.05, 0.1) is 11.1 Å². The lowest BCUT2D eigenvalue weighted by Crippen LogP contribution is -2.50. The van der Waals surface area contributed by atoms with Crippen LogP contribution in [0.3, 0.4) is 0 Å². The Hall–Kier alpha value is -2.35. The zero-order chi connectivity index (χ0) is 25.3. The molecule has 8 heteroatoms. The quantitative estimate of drug-likeness (QED) is 0.522. The second kappa shape index (κ2) is 10.3. The number of hydrogen-bond donors (Lipinski definition) is 1. The number of halogens is 3. The molecule has 2 heterocycles. The molecule has 2 aliphatic rings. The number of carbonyl (C=O) groups is 1. The Labute approximate surface area is 206 Å². The SMILES string of the molecule is CCC[C@@H]1C[C@H](N(C)C(C)C)CC[C@@H]1N1CCC(Nc2ccnc3ccc(C(F)(F)F)cc23)C1=O. The highest BCUT2D eigenvalue weighted by molar-refractivity contribution is 5.95. The largest absolute Gasteiger partial charge is 0.416 e. The lowest BCUT2D eigenvalue weighted by atomic mass is 9.77. The summed E-state index contributed by atoms with van der Waals surface area (Å²) in [5.74, 6) is 0.530. The van der Waals surface area contributed by atoms with Crippen molar-refractivity contribution in [2.45, 2.75) is 89.6 Å². The number of anilines is 1. The summed E-state index contributed by atoms with van der Waals surface area (Å²) in [6, 6.07) is 6.04. The fraction of sp³-hybridized carbons (Fsp3) is 0.630. The van der Waals surface area contributed by atoms with Crippen molar-refractivity contribution in [2.24, 2.45) is 5.92 Å². The average molecular weight is 491 g/mol. The number of likely N-dealkylation sites (tertiary alicyclic amines) is 1. The van der Waals surface area contributed by atoms with Gasteiger partial charge in [-0.15, -0.1) is 0 Å². The molecule has 1 saturated carbocycles. The maximum atomic E-state index is 13.5. The number of fused-ring (bicyclic) bond motifs is 1. The summed E-state index contributed by atoms with van der Waals surface area (Å²) in [5.41, 5.74) is 0.278. The molecule has 192 valence electrons. The second-order valence-electron chi connectivity index (χ2n) is 10.4. The van der Waals surface area contributed by atoms with Crippen molar-refractivity contribution in [1.82, 2.24) is 14.8 Å². The summed E-state index contributed by atoms with van der Waals surface area (Å²) in [5, 5.41) is 3.65. The normalized spacial score (nSPS) is 25.7. The summed E-state index contributed by atoms with van der Waals surface area (Å²) in [6.07, 6.45) is 3.15. The van der Waals surface area contributed by atoms with Crippen molar-refractivity contribution >= 4 is 22.5 Å². The Morgan fingerprint density at radius 3 is 2.66 bits per heavy atom. The number of aromatic nitrogens is 1. The van der Waals surface area contributed by atoms with Crippen molar-refractivity contribution in [3.05, 3.63) is 36.0 Å². The van der Waals surface area contributed by atoms with Gasteiger partial charge in [-0.05, 0) is 83.2 Å². The molecule has 5 nitrogen and oxygen atoms in total. The van der Waals surface area contributed by atoms with Gasteiger partial charge in [0.25, 0.3) is 0 Å². The van der Waals surface area contributed by atoms with E-state index in [1.165, 1.54) is 6.07 Å². The first-order chi connectivity index (χ1) is 16.6. The molecule has 4 atom stereocenters. The number of alkyl halides is 3. The van der Waals surface area contributed by atoms with Gasteiger partial charge in [0.1, 0.15) is 6.04 Å². The molecule has 1 saturated heterocycles. The van der Waals surface area contributed by atoms with Gasteiger partial charge < -0.3 is 15.1 Å².